The second-order valence-corrected chi connectivity index (χ2v) is 9.71. The lowest BCUT2D eigenvalue weighted by Gasteiger charge is -2.10. The molecule has 0 saturated carbocycles. The first-order chi connectivity index (χ1) is 21.0. The highest BCUT2D eigenvalue weighted by Gasteiger charge is 2.32. The van der Waals surface area contributed by atoms with Crippen LogP contribution in [0.3, 0.4) is 0 Å². The van der Waals surface area contributed by atoms with Crippen LogP contribution in [0.1, 0.15) is 18.1 Å². The van der Waals surface area contributed by atoms with Gasteiger partial charge in [0.15, 0.2) is 5.76 Å². The van der Waals surface area contributed by atoms with E-state index in [9.17, 15) is 4.79 Å². The van der Waals surface area contributed by atoms with Gasteiger partial charge in [-0.25, -0.2) is 4.68 Å². The Hall–Kier alpha value is -6.02. The number of carboxylic acids is 1. The molecule has 0 saturated heterocycles. The molecule has 1 aliphatic rings. The van der Waals surface area contributed by atoms with Gasteiger partial charge >= 0.3 is 0 Å². The van der Waals surface area contributed by atoms with Crippen molar-refractivity contribution >= 4 is 40.3 Å². The van der Waals surface area contributed by atoms with E-state index in [2.05, 4.69) is 0 Å². The molecule has 1 N–H and O–H groups in total. The van der Waals surface area contributed by atoms with Gasteiger partial charge in [-0.05, 0) is 42.5 Å². The number of carboxylic acid groups (broad SMARTS) is 1. The van der Waals surface area contributed by atoms with Crippen LogP contribution in [0.5, 0.6) is 0 Å². The Kier molecular flexibility index (Phi) is 7.48. The van der Waals surface area contributed by atoms with Crippen molar-refractivity contribution in [3.05, 3.63) is 144 Å². The van der Waals surface area contributed by atoms with Crippen LogP contribution in [0.15, 0.2) is 143 Å². The van der Waals surface area contributed by atoms with Gasteiger partial charge in [-0.3, -0.25) is 9.59 Å². The average molecular weight is 567 g/mol. The minimum atomic E-state index is -0.833. The Morgan fingerprint density at radius 2 is 1.40 bits per heavy atom. The Bertz CT molecular complexity index is 1940. The fourth-order valence-electron chi connectivity index (χ4n) is 4.75. The van der Waals surface area contributed by atoms with E-state index < -0.39 is 5.97 Å². The first-order valence-electron chi connectivity index (χ1n) is 13.6. The molecule has 3 heterocycles. The number of hydrogen-bond acceptors (Lipinski definition) is 5. The lowest BCUT2D eigenvalue weighted by molar-refractivity contribution is -0.134. The van der Waals surface area contributed by atoms with Crippen molar-refractivity contribution in [1.82, 2.24) is 9.78 Å². The summed E-state index contributed by atoms with van der Waals surface area (Å²) in [5, 5.41) is 19.5. The number of carbonyl (C=O) groups is 2. The number of para-hydroxylation sites is 3. The van der Waals surface area contributed by atoms with Crippen LogP contribution in [0.25, 0.3) is 34.2 Å². The number of rotatable bonds is 5. The highest BCUT2D eigenvalue weighted by molar-refractivity contribution is 6.37. The average Bonchev–Trinajstić information content (AvgIpc) is 3.74. The summed E-state index contributed by atoms with van der Waals surface area (Å²) in [4.78, 5) is 22.9. The van der Waals surface area contributed by atoms with Crippen LogP contribution in [0.4, 0.5) is 5.69 Å². The SMILES string of the molecule is CC(=O)O.O=C1/C(=C\c2cn(-c3ccccc3)nc2-c2cc3ccccc3o2)C(c2ccccc2)=NN1c1ccccc1. The topological polar surface area (TPSA) is 101 Å². The maximum atomic E-state index is 13.9. The zero-order valence-corrected chi connectivity index (χ0v) is 23.2. The summed E-state index contributed by atoms with van der Waals surface area (Å²) < 4.78 is 8.01. The fraction of sp³-hybridized carbons (Fsp3) is 0.0286. The van der Waals surface area contributed by atoms with Crippen LogP contribution in [0.2, 0.25) is 0 Å². The van der Waals surface area contributed by atoms with Gasteiger partial charge < -0.3 is 9.52 Å². The Balaban J connectivity index is 0.000000777. The number of hydrogen-bond donors (Lipinski definition) is 1. The second kappa shape index (κ2) is 11.8. The summed E-state index contributed by atoms with van der Waals surface area (Å²) in [6.07, 6.45) is 3.79. The number of amides is 1. The number of aliphatic carboxylic acids is 1. The standard InChI is InChI=1S/C33H22N4O2.C2H4O2/c38-33-28(31(23-12-4-1-5-13-23)35-37(33)27-17-8-3-9-18-27)20-25-22-36(26-15-6-2-7-16-26)34-32(25)30-21-24-14-10-11-19-29(24)39-30;1-2(3)4/h1-22H;1H3,(H,3,4)/b28-20-;. The molecule has 8 nitrogen and oxygen atoms in total. The van der Waals surface area contributed by atoms with Gasteiger partial charge in [-0.2, -0.15) is 15.2 Å². The number of carbonyl (C=O) groups excluding carboxylic acids is 1. The molecule has 4 aromatic carbocycles. The molecule has 7 rings (SSSR count). The number of nitrogens with zero attached hydrogens (tertiary/aromatic N) is 4. The van der Waals surface area contributed by atoms with Crippen LogP contribution in [-0.4, -0.2) is 32.5 Å². The third kappa shape index (κ3) is 5.75. The van der Waals surface area contributed by atoms with Crippen LogP contribution in [-0.2, 0) is 9.59 Å². The first kappa shape index (κ1) is 27.2. The molecule has 43 heavy (non-hydrogen) atoms. The Morgan fingerprint density at radius 3 is 2.05 bits per heavy atom. The lowest BCUT2D eigenvalue weighted by atomic mass is 10.00. The van der Waals surface area contributed by atoms with Gasteiger partial charge in [0.25, 0.3) is 11.9 Å². The van der Waals surface area contributed by atoms with E-state index in [1.165, 1.54) is 5.01 Å². The van der Waals surface area contributed by atoms with Crippen molar-refractivity contribution in [3.8, 4) is 17.1 Å². The largest absolute Gasteiger partial charge is 0.481 e. The fourth-order valence-corrected chi connectivity index (χ4v) is 4.75. The highest BCUT2D eigenvalue weighted by Crippen LogP contribution is 2.33. The van der Waals surface area contributed by atoms with Crippen molar-refractivity contribution in [2.24, 2.45) is 5.10 Å². The van der Waals surface area contributed by atoms with Gasteiger partial charge in [0.2, 0.25) is 0 Å². The van der Waals surface area contributed by atoms with Gasteiger partial charge in [-0.1, -0.05) is 84.9 Å². The van der Waals surface area contributed by atoms with Crippen LogP contribution in [0, 0.1) is 0 Å². The predicted molar refractivity (Wildman–Crippen MR) is 167 cm³/mol. The van der Waals surface area contributed by atoms with Gasteiger partial charge in [-0.15, -0.1) is 0 Å². The Morgan fingerprint density at radius 1 is 0.814 bits per heavy atom. The summed E-state index contributed by atoms with van der Waals surface area (Å²) in [5.74, 6) is -0.413. The van der Waals surface area contributed by atoms with E-state index in [1.54, 1.807) is 0 Å². The molecule has 0 atom stereocenters. The molecule has 0 unspecified atom stereocenters. The molecule has 0 radical (unpaired) electrons. The van der Waals surface area contributed by atoms with Gasteiger partial charge in [0.05, 0.1) is 16.9 Å². The molecular formula is C35H26N4O4. The molecule has 0 bridgehead atoms. The molecule has 0 fully saturated rings. The first-order valence-corrected chi connectivity index (χ1v) is 13.6. The van der Waals surface area contributed by atoms with Crippen LogP contribution < -0.4 is 5.01 Å². The molecule has 8 heteroatoms. The van der Waals surface area contributed by atoms with Crippen molar-refractivity contribution in [2.45, 2.75) is 6.92 Å². The summed E-state index contributed by atoms with van der Waals surface area (Å²) in [7, 11) is 0. The number of benzene rings is 4. The minimum Gasteiger partial charge on any atom is -0.481 e. The summed E-state index contributed by atoms with van der Waals surface area (Å²) >= 11 is 0. The smallest absolute Gasteiger partial charge is 0.300 e. The number of aromatic nitrogens is 2. The lowest BCUT2D eigenvalue weighted by Crippen LogP contribution is -2.21. The monoisotopic (exact) mass is 566 g/mol. The molecule has 1 aliphatic heterocycles. The molecule has 0 aliphatic carbocycles. The van der Waals surface area contributed by atoms with Crippen molar-refractivity contribution in [3.63, 3.8) is 0 Å². The molecule has 210 valence electrons. The maximum absolute atomic E-state index is 13.9. The van der Waals surface area contributed by atoms with Crippen LogP contribution >= 0.6 is 0 Å². The van der Waals surface area contributed by atoms with E-state index in [1.807, 2.05) is 138 Å². The minimum absolute atomic E-state index is 0.205. The number of hydrazone groups is 1. The van der Waals surface area contributed by atoms with E-state index >= 15 is 0 Å². The number of furan rings is 1. The van der Waals surface area contributed by atoms with Gasteiger partial charge in [0, 0.05) is 29.6 Å². The zero-order valence-electron chi connectivity index (χ0n) is 23.2. The molecule has 0 spiro atoms. The summed E-state index contributed by atoms with van der Waals surface area (Å²) in [6.45, 7) is 1.08. The van der Waals surface area contributed by atoms with E-state index in [0.717, 1.165) is 34.7 Å². The second-order valence-electron chi connectivity index (χ2n) is 9.71. The van der Waals surface area contributed by atoms with Crippen molar-refractivity contribution in [1.29, 1.82) is 0 Å². The van der Waals surface area contributed by atoms with E-state index in [4.69, 9.17) is 24.5 Å². The zero-order chi connectivity index (χ0) is 29.8. The van der Waals surface area contributed by atoms with Crippen molar-refractivity contribution < 1.29 is 19.1 Å². The normalized spacial score (nSPS) is 13.6. The van der Waals surface area contributed by atoms with E-state index in [0.29, 0.717) is 28.4 Å². The van der Waals surface area contributed by atoms with Crippen molar-refractivity contribution in [2.75, 3.05) is 5.01 Å². The molecular weight excluding hydrogens is 540 g/mol. The third-order valence-electron chi connectivity index (χ3n) is 6.65. The molecule has 6 aromatic rings. The molecule has 1 amide bonds. The maximum Gasteiger partial charge on any atom is 0.300 e. The highest BCUT2D eigenvalue weighted by atomic mass is 16.4. The summed E-state index contributed by atoms with van der Waals surface area (Å²) in [5.41, 5.74) is 5.72. The number of fused-ring (bicyclic) bond motifs is 1. The predicted octanol–water partition coefficient (Wildman–Crippen LogP) is 7.21. The number of anilines is 1. The van der Waals surface area contributed by atoms with Gasteiger partial charge in [0.1, 0.15) is 17.0 Å². The van der Waals surface area contributed by atoms with E-state index in [-0.39, 0.29) is 5.91 Å². The third-order valence-corrected chi connectivity index (χ3v) is 6.65. The summed E-state index contributed by atoms with van der Waals surface area (Å²) in [6, 6.07) is 38.9. The Labute approximate surface area is 247 Å². The quantitative estimate of drug-likeness (QED) is 0.222. The molecule has 2 aromatic heterocycles.